The second kappa shape index (κ2) is 11.0. The first kappa shape index (κ1) is 26.6. The van der Waals surface area contributed by atoms with Gasteiger partial charge in [-0.3, -0.25) is 0 Å². The number of para-hydroxylation sites is 2. The van der Waals surface area contributed by atoms with Crippen LogP contribution in [0, 0.1) is 0 Å². The van der Waals surface area contributed by atoms with Crippen molar-refractivity contribution in [3.63, 3.8) is 0 Å². The lowest BCUT2D eigenvalue weighted by Crippen LogP contribution is -1.97. The Morgan fingerprint density at radius 2 is 0.957 bits per heavy atom. The number of rotatable bonds is 4. The van der Waals surface area contributed by atoms with Gasteiger partial charge in [0.2, 0.25) is 0 Å². The number of ether oxygens (including phenoxy) is 1. The molecule has 9 rings (SSSR count). The number of fused-ring (bicyclic) bond motifs is 6. The Morgan fingerprint density at radius 3 is 1.57 bits per heavy atom. The van der Waals surface area contributed by atoms with Crippen LogP contribution in [0.1, 0.15) is 11.1 Å². The highest BCUT2D eigenvalue weighted by molar-refractivity contribution is 6.09. The fourth-order valence-electron chi connectivity index (χ4n) is 6.90. The minimum atomic E-state index is 0.579. The quantitative estimate of drug-likeness (QED) is 0.204. The molecule has 1 aliphatic rings. The van der Waals surface area contributed by atoms with Gasteiger partial charge in [-0.2, -0.15) is 0 Å². The summed E-state index contributed by atoms with van der Waals surface area (Å²) in [6.45, 7) is 1.16. The molecular weight excluding hydrogens is 560 g/mol. The van der Waals surface area contributed by atoms with Gasteiger partial charge in [0.05, 0.1) is 35.6 Å². The van der Waals surface area contributed by atoms with Crippen molar-refractivity contribution in [1.82, 2.24) is 9.55 Å². The monoisotopic (exact) mass is 590 g/mol. The summed E-state index contributed by atoms with van der Waals surface area (Å²) in [6, 6.07) is 56.3. The van der Waals surface area contributed by atoms with Crippen LogP contribution in [0.4, 0.5) is 0 Å². The van der Waals surface area contributed by atoms with Crippen molar-refractivity contribution in [1.29, 1.82) is 0 Å². The zero-order valence-electron chi connectivity index (χ0n) is 25.2. The molecule has 218 valence electrons. The van der Waals surface area contributed by atoms with Crippen LogP contribution >= 0.6 is 0 Å². The van der Waals surface area contributed by atoms with Crippen LogP contribution < -0.4 is 0 Å². The molecule has 0 atom stereocenters. The molecule has 1 aliphatic heterocycles. The van der Waals surface area contributed by atoms with Crippen molar-refractivity contribution in [2.45, 2.75) is 13.2 Å². The van der Waals surface area contributed by atoms with Crippen molar-refractivity contribution < 1.29 is 4.74 Å². The van der Waals surface area contributed by atoms with E-state index < -0.39 is 0 Å². The predicted octanol–water partition coefficient (Wildman–Crippen LogP) is 10.9. The summed E-state index contributed by atoms with van der Waals surface area (Å²) in [6.07, 6.45) is 0. The third-order valence-corrected chi connectivity index (χ3v) is 9.14. The van der Waals surface area contributed by atoms with Crippen LogP contribution in [-0.2, 0) is 18.0 Å². The molecule has 0 N–H and O–H groups in total. The Morgan fingerprint density at radius 1 is 0.435 bits per heavy atom. The van der Waals surface area contributed by atoms with E-state index in [9.17, 15) is 0 Å². The Labute approximate surface area is 268 Å². The Bertz CT molecular complexity index is 2280. The smallest absolute Gasteiger partial charge is 0.0727 e. The molecule has 0 saturated heterocycles. The number of hydrogen-bond donors (Lipinski definition) is 0. The maximum atomic E-state index is 6.20. The highest BCUT2D eigenvalue weighted by Crippen LogP contribution is 2.39. The first-order valence-electron chi connectivity index (χ1n) is 15.8. The van der Waals surface area contributed by atoms with E-state index in [1.807, 2.05) is 12.1 Å². The average Bonchev–Trinajstić information content (AvgIpc) is 3.35. The molecule has 0 fully saturated rings. The van der Waals surface area contributed by atoms with E-state index in [0.717, 1.165) is 39.3 Å². The molecule has 3 heteroatoms. The number of nitrogens with zero attached hydrogens (tertiary/aromatic N) is 2. The van der Waals surface area contributed by atoms with Gasteiger partial charge in [-0.05, 0) is 75.8 Å². The summed E-state index contributed by atoms with van der Waals surface area (Å²) in [5, 5.41) is 2.53. The van der Waals surface area contributed by atoms with Gasteiger partial charge in [0.1, 0.15) is 0 Å². The summed E-state index contributed by atoms with van der Waals surface area (Å²) in [7, 11) is 0. The molecule has 0 radical (unpaired) electrons. The van der Waals surface area contributed by atoms with Gasteiger partial charge in [0.15, 0.2) is 0 Å². The molecule has 46 heavy (non-hydrogen) atoms. The molecule has 0 saturated carbocycles. The third-order valence-electron chi connectivity index (χ3n) is 9.14. The first-order chi connectivity index (χ1) is 22.8. The van der Waals surface area contributed by atoms with Crippen LogP contribution in [-0.4, -0.2) is 9.55 Å². The van der Waals surface area contributed by atoms with E-state index >= 15 is 0 Å². The summed E-state index contributed by atoms with van der Waals surface area (Å²) in [5.41, 5.74) is 14.8. The van der Waals surface area contributed by atoms with Crippen molar-refractivity contribution in [2.75, 3.05) is 0 Å². The van der Waals surface area contributed by atoms with Gasteiger partial charge < -0.3 is 9.30 Å². The fraction of sp³-hybridized carbons (Fsp3) is 0.0465. The van der Waals surface area contributed by atoms with Crippen LogP contribution in [0.25, 0.3) is 72.3 Å². The molecule has 8 aromatic rings. The van der Waals surface area contributed by atoms with E-state index in [-0.39, 0.29) is 0 Å². The Hall–Kier alpha value is -5.77. The topological polar surface area (TPSA) is 27.1 Å². The van der Waals surface area contributed by atoms with Crippen LogP contribution in [0.15, 0.2) is 158 Å². The highest BCUT2D eigenvalue weighted by atomic mass is 16.5. The van der Waals surface area contributed by atoms with E-state index in [4.69, 9.17) is 9.72 Å². The molecule has 0 amide bonds. The number of hydrogen-bond acceptors (Lipinski definition) is 2. The summed E-state index contributed by atoms with van der Waals surface area (Å²) >= 11 is 0. The molecule has 2 aromatic heterocycles. The highest BCUT2D eigenvalue weighted by Gasteiger charge is 2.19. The lowest BCUT2D eigenvalue weighted by atomic mass is 9.91. The van der Waals surface area contributed by atoms with Crippen molar-refractivity contribution in [3.05, 3.63) is 169 Å². The maximum absolute atomic E-state index is 6.20. The van der Waals surface area contributed by atoms with Crippen LogP contribution in [0.3, 0.4) is 0 Å². The molecule has 3 heterocycles. The normalized spacial score (nSPS) is 12.5. The first-order valence-corrected chi connectivity index (χ1v) is 15.8. The van der Waals surface area contributed by atoms with E-state index in [1.54, 1.807) is 0 Å². The van der Waals surface area contributed by atoms with E-state index in [2.05, 4.69) is 150 Å². The second-order valence-electron chi connectivity index (χ2n) is 11.9. The van der Waals surface area contributed by atoms with E-state index in [0.29, 0.717) is 13.2 Å². The number of aromatic nitrogens is 2. The molecule has 0 bridgehead atoms. The molecule has 0 aliphatic carbocycles. The van der Waals surface area contributed by atoms with E-state index in [1.165, 1.54) is 44.1 Å². The van der Waals surface area contributed by atoms with Gasteiger partial charge >= 0.3 is 0 Å². The van der Waals surface area contributed by atoms with Gasteiger partial charge in [0.25, 0.3) is 0 Å². The summed E-state index contributed by atoms with van der Waals surface area (Å²) in [4.78, 5) is 5.10. The molecule has 0 spiro atoms. The maximum Gasteiger partial charge on any atom is 0.0727 e. The number of pyridine rings is 1. The van der Waals surface area contributed by atoms with Gasteiger partial charge in [0, 0.05) is 27.6 Å². The lowest BCUT2D eigenvalue weighted by Gasteiger charge is -2.15. The third kappa shape index (κ3) is 4.52. The molecule has 3 nitrogen and oxygen atoms in total. The van der Waals surface area contributed by atoms with Crippen LogP contribution in [0.2, 0.25) is 0 Å². The fourth-order valence-corrected chi connectivity index (χ4v) is 6.90. The largest absolute Gasteiger partial charge is 0.372 e. The molecule has 0 unspecified atom stereocenters. The molecular formula is C43H30N2O. The minimum absolute atomic E-state index is 0.579. The zero-order chi connectivity index (χ0) is 30.5. The summed E-state index contributed by atoms with van der Waals surface area (Å²) in [5.74, 6) is 0. The van der Waals surface area contributed by atoms with Crippen molar-refractivity contribution in [3.8, 4) is 50.5 Å². The van der Waals surface area contributed by atoms with Gasteiger partial charge in [-0.1, -0.05) is 115 Å². The number of benzene rings is 6. The van der Waals surface area contributed by atoms with Crippen molar-refractivity contribution >= 4 is 21.8 Å². The predicted molar refractivity (Wildman–Crippen MR) is 189 cm³/mol. The lowest BCUT2D eigenvalue weighted by molar-refractivity contribution is 0.110. The Balaban J connectivity index is 1.23. The average molecular weight is 591 g/mol. The van der Waals surface area contributed by atoms with Crippen LogP contribution in [0.5, 0.6) is 0 Å². The standard InChI is InChI=1S/C43H30N2O/c1-3-11-29(12-4-1)40-24-34(25-41(44-40)30-13-5-2-6-14-30)31-19-20-32-27-46-28-33-21-22-35(26-39(33)38(32)23-31)45-42-17-9-7-15-36(42)37-16-8-10-18-43(37)45/h1-26H,27-28H2. The minimum Gasteiger partial charge on any atom is -0.372 e. The Kier molecular flexibility index (Phi) is 6.36. The van der Waals surface area contributed by atoms with Crippen molar-refractivity contribution in [2.24, 2.45) is 0 Å². The summed E-state index contributed by atoms with van der Waals surface area (Å²) < 4.78 is 8.59. The van der Waals surface area contributed by atoms with Gasteiger partial charge in [-0.25, -0.2) is 4.98 Å². The second-order valence-corrected chi connectivity index (χ2v) is 11.9. The SMILES string of the molecule is c1ccc(-c2cc(-c3ccc4c(c3)-c3cc(-n5c6ccccc6c6ccccc65)ccc3COC4)cc(-c3ccccc3)n2)cc1. The molecule has 6 aromatic carbocycles. The van der Waals surface area contributed by atoms with Gasteiger partial charge in [-0.15, -0.1) is 0 Å². The zero-order valence-corrected chi connectivity index (χ0v) is 25.2.